The van der Waals surface area contributed by atoms with Gasteiger partial charge < -0.3 is 5.32 Å². The van der Waals surface area contributed by atoms with Gasteiger partial charge in [0.1, 0.15) is 11.6 Å². The summed E-state index contributed by atoms with van der Waals surface area (Å²) < 4.78 is 14.9. The molecule has 2 amide bonds. The van der Waals surface area contributed by atoms with Crippen molar-refractivity contribution in [1.29, 1.82) is 0 Å². The Morgan fingerprint density at radius 2 is 1.97 bits per heavy atom. The zero-order valence-corrected chi connectivity index (χ0v) is 18.1. The number of rotatable bonds is 5. The third-order valence-corrected chi connectivity index (χ3v) is 5.28. The normalized spacial score (nSPS) is 10.9. The van der Waals surface area contributed by atoms with Gasteiger partial charge in [0, 0.05) is 42.3 Å². The second-order valence-electron chi connectivity index (χ2n) is 7.23. The number of amides is 2. The molecule has 162 valence electrons. The molecule has 0 spiro atoms. The van der Waals surface area contributed by atoms with E-state index in [4.69, 9.17) is 11.6 Å². The smallest absolute Gasteiger partial charge is 0.229 e. The third-order valence-electron chi connectivity index (χ3n) is 4.93. The van der Waals surface area contributed by atoms with Gasteiger partial charge in [0.25, 0.3) is 0 Å². The topological polar surface area (TPSA) is 80.1 Å². The van der Waals surface area contributed by atoms with Gasteiger partial charge in [-0.15, -0.1) is 0 Å². The lowest BCUT2D eigenvalue weighted by atomic mass is 10.1. The van der Waals surface area contributed by atoms with Gasteiger partial charge >= 0.3 is 0 Å². The summed E-state index contributed by atoms with van der Waals surface area (Å²) in [6.45, 7) is 1.44. The molecule has 1 N–H and O–H groups in total. The number of benzene rings is 2. The van der Waals surface area contributed by atoms with E-state index in [2.05, 4.69) is 15.4 Å². The van der Waals surface area contributed by atoms with Gasteiger partial charge in [-0.3, -0.25) is 19.2 Å². The first kappa shape index (κ1) is 21.5. The molecule has 0 unspecified atom stereocenters. The number of halogens is 2. The van der Waals surface area contributed by atoms with E-state index in [9.17, 15) is 14.0 Å². The lowest BCUT2D eigenvalue weighted by molar-refractivity contribution is -0.116. The van der Waals surface area contributed by atoms with Crippen molar-refractivity contribution in [2.45, 2.75) is 13.3 Å². The summed E-state index contributed by atoms with van der Waals surface area (Å²) in [5, 5.41) is 8.13. The van der Waals surface area contributed by atoms with Crippen LogP contribution < -0.4 is 10.2 Å². The van der Waals surface area contributed by atoms with Crippen LogP contribution in [0.4, 0.5) is 21.6 Å². The van der Waals surface area contributed by atoms with E-state index in [1.54, 1.807) is 23.0 Å². The van der Waals surface area contributed by atoms with E-state index in [0.29, 0.717) is 22.8 Å². The predicted octanol–water partition coefficient (Wildman–Crippen LogP) is 4.63. The first-order chi connectivity index (χ1) is 15.3. The minimum absolute atomic E-state index is 0.0235. The molecule has 0 aliphatic carbocycles. The monoisotopic (exact) mass is 451 g/mol. The summed E-state index contributed by atoms with van der Waals surface area (Å²) in [4.78, 5) is 30.7. The van der Waals surface area contributed by atoms with Crippen LogP contribution >= 0.6 is 11.6 Å². The van der Waals surface area contributed by atoms with Crippen LogP contribution in [-0.2, 0) is 23.1 Å². The molecule has 0 bridgehead atoms. The van der Waals surface area contributed by atoms with Crippen molar-refractivity contribution in [1.82, 2.24) is 14.8 Å². The second-order valence-corrected chi connectivity index (χ2v) is 7.64. The maximum Gasteiger partial charge on any atom is 0.229 e. The number of carbonyl (C=O) groups is 2. The fourth-order valence-electron chi connectivity index (χ4n) is 3.41. The fourth-order valence-corrected chi connectivity index (χ4v) is 3.64. The number of aromatic nitrogens is 3. The van der Waals surface area contributed by atoms with E-state index in [-0.39, 0.29) is 23.3 Å². The van der Waals surface area contributed by atoms with E-state index in [0.717, 1.165) is 10.9 Å². The minimum atomic E-state index is -0.466. The lowest BCUT2D eigenvalue weighted by Crippen LogP contribution is -2.24. The number of fused-ring (bicyclic) bond motifs is 1. The van der Waals surface area contributed by atoms with Crippen molar-refractivity contribution in [2.24, 2.45) is 7.05 Å². The van der Waals surface area contributed by atoms with Crippen LogP contribution in [-0.4, -0.2) is 26.6 Å². The number of nitrogens with zero attached hydrogens (tertiary/aromatic N) is 4. The van der Waals surface area contributed by atoms with Crippen LogP contribution in [0.3, 0.4) is 0 Å². The number of hydrogen-bond acceptors (Lipinski definition) is 4. The lowest BCUT2D eigenvalue weighted by Gasteiger charge is -2.21. The Kier molecular flexibility index (Phi) is 5.87. The van der Waals surface area contributed by atoms with E-state index in [1.165, 1.54) is 36.2 Å². The Labute approximate surface area is 188 Å². The first-order valence-corrected chi connectivity index (χ1v) is 10.1. The molecule has 0 saturated heterocycles. The molecule has 0 atom stereocenters. The molecule has 4 aromatic rings. The Morgan fingerprint density at radius 1 is 1.16 bits per heavy atom. The van der Waals surface area contributed by atoms with Gasteiger partial charge in [-0.25, -0.2) is 9.37 Å². The highest BCUT2D eigenvalue weighted by atomic mass is 35.5. The number of nitrogens with one attached hydrogen (secondary N) is 1. The van der Waals surface area contributed by atoms with Gasteiger partial charge in [-0.2, -0.15) is 5.10 Å². The number of aryl methyl sites for hydroxylation is 1. The molecule has 32 heavy (non-hydrogen) atoms. The molecule has 7 nitrogen and oxygen atoms in total. The molecule has 2 aromatic carbocycles. The SMILES string of the molecule is CC(=O)N(c1ccc2cnn(C)c2c1)c1cc(NC(=O)Cc2ccc(F)cc2Cl)ccn1. The Balaban J connectivity index is 1.58. The van der Waals surface area contributed by atoms with Crippen LogP contribution in [0.15, 0.2) is 60.9 Å². The van der Waals surface area contributed by atoms with E-state index in [1.807, 2.05) is 25.2 Å². The first-order valence-electron chi connectivity index (χ1n) is 9.74. The van der Waals surface area contributed by atoms with Crippen molar-refractivity contribution in [3.8, 4) is 0 Å². The third kappa shape index (κ3) is 4.45. The molecule has 9 heteroatoms. The molecule has 2 heterocycles. The largest absolute Gasteiger partial charge is 0.326 e. The van der Waals surface area contributed by atoms with Crippen LogP contribution in [0.5, 0.6) is 0 Å². The van der Waals surface area contributed by atoms with E-state index < -0.39 is 5.82 Å². The van der Waals surface area contributed by atoms with Gasteiger partial charge in [-0.1, -0.05) is 17.7 Å². The van der Waals surface area contributed by atoms with Crippen molar-refractivity contribution in [3.63, 3.8) is 0 Å². The summed E-state index contributed by atoms with van der Waals surface area (Å²) in [7, 11) is 1.83. The number of pyridine rings is 1. The molecule has 0 aliphatic rings. The van der Waals surface area contributed by atoms with Gasteiger partial charge in [-0.05, 0) is 42.0 Å². The van der Waals surface area contributed by atoms with Crippen molar-refractivity contribution < 1.29 is 14.0 Å². The molecule has 2 aromatic heterocycles. The van der Waals surface area contributed by atoms with Gasteiger partial charge in [0.05, 0.1) is 23.8 Å². The highest BCUT2D eigenvalue weighted by Gasteiger charge is 2.18. The Bertz CT molecular complexity index is 1340. The van der Waals surface area contributed by atoms with E-state index >= 15 is 0 Å². The highest BCUT2D eigenvalue weighted by molar-refractivity contribution is 6.31. The number of anilines is 3. The maximum atomic E-state index is 13.2. The van der Waals surface area contributed by atoms with Crippen molar-refractivity contribution >= 4 is 51.5 Å². The summed E-state index contributed by atoms with van der Waals surface area (Å²) in [5.41, 5.74) is 2.47. The molecule has 0 aliphatic heterocycles. The van der Waals surface area contributed by atoms with Crippen LogP contribution in [0.2, 0.25) is 5.02 Å². The molecular formula is C23H19ClFN5O2. The predicted molar refractivity (Wildman–Crippen MR) is 122 cm³/mol. The summed E-state index contributed by atoms with van der Waals surface area (Å²) >= 11 is 6.01. The fraction of sp³-hybridized carbons (Fsp3) is 0.130. The zero-order valence-electron chi connectivity index (χ0n) is 17.3. The van der Waals surface area contributed by atoms with Crippen LogP contribution in [0.1, 0.15) is 12.5 Å². The molecular weight excluding hydrogens is 433 g/mol. The number of carbonyl (C=O) groups excluding carboxylic acids is 2. The molecule has 0 fully saturated rings. The van der Waals surface area contributed by atoms with Crippen LogP contribution in [0.25, 0.3) is 10.9 Å². The average Bonchev–Trinajstić information content (AvgIpc) is 3.11. The summed E-state index contributed by atoms with van der Waals surface area (Å²) in [5.74, 6) is -0.676. The number of hydrogen-bond donors (Lipinski definition) is 1. The highest BCUT2D eigenvalue weighted by Crippen LogP contribution is 2.29. The second kappa shape index (κ2) is 8.76. The molecule has 4 rings (SSSR count). The summed E-state index contributed by atoms with van der Waals surface area (Å²) in [6.07, 6.45) is 3.23. The summed E-state index contributed by atoms with van der Waals surface area (Å²) in [6, 6.07) is 12.7. The standard InChI is InChI=1S/C23H19ClFN5O2/c1-14(31)30(19-6-4-16-13-27-29(2)21(16)12-19)22-11-18(7-8-26-22)28-23(32)9-15-3-5-17(25)10-20(15)24/h3-8,10-13H,9H2,1-2H3,(H,26,28,32). The maximum absolute atomic E-state index is 13.2. The van der Waals surface area contributed by atoms with Gasteiger partial charge in [0.15, 0.2) is 0 Å². The molecule has 0 radical (unpaired) electrons. The molecule has 0 saturated carbocycles. The van der Waals surface area contributed by atoms with Gasteiger partial charge in [0.2, 0.25) is 11.8 Å². The zero-order chi connectivity index (χ0) is 22.8. The van der Waals surface area contributed by atoms with Crippen LogP contribution in [0, 0.1) is 5.82 Å². The quantitative estimate of drug-likeness (QED) is 0.480. The van der Waals surface area contributed by atoms with Crippen molar-refractivity contribution in [2.75, 3.05) is 10.2 Å². The average molecular weight is 452 g/mol. The van der Waals surface area contributed by atoms with Crippen molar-refractivity contribution in [3.05, 3.63) is 77.3 Å². The Morgan fingerprint density at radius 3 is 2.72 bits per heavy atom. The Hall–Kier alpha value is -3.78. The minimum Gasteiger partial charge on any atom is -0.326 e.